The van der Waals surface area contributed by atoms with Gasteiger partial charge in [-0.15, -0.1) is 11.8 Å². The van der Waals surface area contributed by atoms with Crippen molar-refractivity contribution in [2.75, 3.05) is 11.9 Å². The average Bonchev–Trinajstić information content (AvgIpc) is 2.17. The van der Waals surface area contributed by atoms with Gasteiger partial charge in [0.1, 0.15) is 0 Å². The van der Waals surface area contributed by atoms with E-state index in [1.807, 2.05) is 11.8 Å². The number of rotatable bonds is 1. The summed E-state index contributed by atoms with van der Waals surface area (Å²) in [7, 11) is 0. The molecule has 1 aliphatic rings. The summed E-state index contributed by atoms with van der Waals surface area (Å²) >= 11 is 2.00. The van der Waals surface area contributed by atoms with E-state index in [1.165, 1.54) is 10.6 Å². The van der Waals surface area contributed by atoms with Crippen LogP contribution in [-0.2, 0) is 0 Å². The Morgan fingerprint density at radius 3 is 2.92 bits per heavy atom. The van der Waals surface area contributed by atoms with Gasteiger partial charge in [-0.05, 0) is 18.1 Å². The molecule has 0 saturated heterocycles. The monoisotopic (exact) mass is 193 g/mol. The van der Waals surface area contributed by atoms with Crippen molar-refractivity contribution in [3.63, 3.8) is 0 Å². The van der Waals surface area contributed by atoms with Crippen LogP contribution in [0.15, 0.2) is 29.2 Å². The van der Waals surface area contributed by atoms with Crippen LogP contribution in [0.1, 0.15) is 13.8 Å². The molecule has 2 rings (SSSR count). The molecule has 1 atom stereocenters. The first-order chi connectivity index (χ1) is 6.27. The molecule has 1 aromatic rings. The van der Waals surface area contributed by atoms with Gasteiger partial charge in [0.25, 0.3) is 0 Å². The van der Waals surface area contributed by atoms with Gasteiger partial charge in [-0.1, -0.05) is 26.0 Å². The maximum absolute atomic E-state index is 3.47. The fourth-order valence-electron chi connectivity index (χ4n) is 1.50. The smallest absolute Gasteiger partial charge is 0.0478 e. The molecule has 70 valence electrons. The summed E-state index contributed by atoms with van der Waals surface area (Å²) in [6.45, 7) is 5.67. The Bertz CT molecular complexity index is 296. The van der Waals surface area contributed by atoms with E-state index in [-0.39, 0.29) is 0 Å². The predicted octanol–water partition coefficient (Wildman–Crippen LogP) is 3.23. The van der Waals surface area contributed by atoms with Crippen LogP contribution in [0.4, 0.5) is 5.69 Å². The molecule has 1 heterocycles. The van der Waals surface area contributed by atoms with E-state index in [0.29, 0.717) is 0 Å². The molecular formula is C11H15NS. The van der Waals surface area contributed by atoms with Gasteiger partial charge in [0.05, 0.1) is 0 Å². The van der Waals surface area contributed by atoms with Crippen LogP contribution in [-0.4, -0.2) is 11.8 Å². The zero-order valence-electron chi connectivity index (χ0n) is 8.08. The minimum atomic E-state index is 0.717. The van der Waals surface area contributed by atoms with Gasteiger partial charge in [-0.2, -0.15) is 0 Å². The molecule has 0 aliphatic carbocycles. The Morgan fingerprint density at radius 2 is 2.15 bits per heavy atom. The second kappa shape index (κ2) is 3.62. The Kier molecular flexibility index (Phi) is 2.49. The third kappa shape index (κ3) is 1.83. The molecule has 0 fully saturated rings. The zero-order chi connectivity index (χ0) is 9.26. The summed E-state index contributed by atoms with van der Waals surface area (Å²) in [5.41, 5.74) is 1.30. The Balaban J connectivity index is 2.20. The molecule has 0 radical (unpaired) electrons. The van der Waals surface area contributed by atoms with Crippen molar-refractivity contribution in [2.24, 2.45) is 5.92 Å². The number of hydrogen-bond acceptors (Lipinski definition) is 2. The van der Waals surface area contributed by atoms with E-state index in [1.54, 1.807) is 0 Å². The van der Waals surface area contributed by atoms with Crippen molar-refractivity contribution in [2.45, 2.75) is 24.0 Å². The summed E-state index contributed by atoms with van der Waals surface area (Å²) in [6.07, 6.45) is 0. The third-order valence-corrected chi connectivity index (χ3v) is 4.03. The van der Waals surface area contributed by atoms with E-state index in [9.17, 15) is 0 Å². The van der Waals surface area contributed by atoms with Crippen molar-refractivity contribution >= 4 is 17.4 Å². The number of fused-ring (bicyclic) bond motifs is 1. The van der Waals surface area contributed by atoms with E-state index in [2.05, 4.69) is 43.4 Å². The van der Waals surface area contributed by atoms with Crippen molar-refractivity contribution < 1.29 is 0 Å². The van der Waals surface area contributed by atoms with Crippen molar-refractivity contribution in [1.29, 1.82) is 0 Å². The highest BCUT2D eigenvalue weighted by atomic mass is 32.2. The molecule has 1 unspecified atom stereocenters. The maximum atomic E-state index is 3.47. The van der Waals surface area contributed by atoms with Gasteiger partial charge in [0.2, 0.25) is 0 Å². The molecule has 0 saturated carbocycles. The molecule has 2 heteroatoms. The third-order valence-electron chi connectivity index (χ3n) is 2.40. The number of thioether (sulfide) groups is 1. The van der Waals surface area contributed by atoms with E-state index in [0.717, 1.165) is 17.7 Å². The molecule has 1 aliphatic heterocycles. The van der Waals surface area contributed by atoms with Crippen LogP contribution in [0.3, 0.4) is 0 Å². The van der Waals surface area contributed by atoms with Crippen LogP contribution < -0.4 is 5.32 Å². The largest absolute Gasteiger partial charge is 0.383 e. The molecule has 0 amide bonds. The Hall–Kier alpha value is -0.630. The normalized spacial score (nSPS) is 21.0. The number of anilines is 1. The summed E-state index contributed by atoms with van der Waals surface area (Å²) in [4.78, 5) is 1.40. The molecule has 1 N–H and O–H groups in total. The average molecular weight is 193 g/mol. The summed E-state index contributed by atoms with van der Waals surface area (Å²) in [5, 5.41) is 4.19. The Labute approximate surface area is 83.9 Å². The maximum Gasteiger partial charge on any atom is 0.0478 e. The fraction of sp³-hybridized carbons (Fsp3) is 0.455. The lowest BCUT2D eigenvalue weighted by molar-refractivity contribution is 0.620. The minimum Gasteiger partial charge on any atom is -0.383 e. The van der Waals surface area contributed by atoms with Gasteiger partial charge in [0.15, 0.2) is 0 Å². The van der Waals surface area contributed by atoms with Gasteiger partial charge in [0, 0.05) is 22.4 Å². The zero-order valence-corrected chi connectivity index (χ0v) is 8.90. The number of benzene rings is 1. The first kappa shape index (κ1) is 8.95. The van der Waals surface area contributed by atoms with Gasteiger partial charge in [-0.3, -0.25) is 0 Å². The lowest BCUT2D eigenvalue weighted by atomic mass is 10.1. The SMILES string of the molecule is CC(C)C1CNc2ccccc2S1. The summed E-state index contributed by atoms with van der Waals surface area (Å²) < 4.78 is 0. The van der Waals surface area contributed by atoms with Crippen molar-refractivity contribution in [3.8, 4) is 0 Å². The van der Waals surface area contributed by atoms with Crippen LogP contribution in [0.2, 0.25) is 0 Å². The predicted molar refractivity (Wildman–Crippen MR) is 59.4 cm³/mol. The van der Waals surface area contributed by atoms with Crippen LogP contribution in [0.5, 0.6) is 0 Å². The van der Waals surface area contributed by atoms with Crippen LogP contribution in [0, 0.1) is 5.92 Å². The molecule has 0 spiro atoms. The second-order valence-electron chi connectivity index (χ2n) is 3.78. The first-order valence-electron chi connectivity index (χ1n) is 4.77. The number of hydrogen-bond donors (Lipinski definition) is 1. The van der Waals surface area contributed by atoms with Gasteiger partial charge < -0.3 is 5.32 Å². The molecular weight excluding hydrogens is 178 g/mol. The van der Waals surface area contributed by atoms with E-state index in [4.69, 9.17) is 0 Å². The lowest BCUT2D eigenvalue weighted by Gasteiger charge is -2.27. The van der Waals surface area contributed by atoms with Gasteiger partial charge in [-0.25, -0.2) is 0 Å². The van der Waals surface area contributed by atoms with Crippen LogP contribution in [0.25, 0.3) is 0 Å². The first-order valence-corrected chi connectivity index (χ1v) is 5.65. The second-order valence-corrected chi connectivity index (χ2v) is 5.06. The highest BCUT2D eigenvalue weighted by molar-refractivity contribution is 8.00. The topological polar surface area (TPSA) is 12.0 Å². The molecule has 1 aromatic carbocycles. The lowest BCUT2D eigenvalue weighted by Crippen LogP contribution is -2.25. The summed E-state index contributed by atoms with van der Waals surface area (Å²) in [6, 6.07) is 8.54. The molecule has 0 bridgehead atoms. The number of nitrogens with one attached hydrogen (secondary N) is 1. The molecule has 1 nitrogen and oxygen atoms in total. The fourth-order valence-corrected chi connectivity index (χ4v) is 2.69. The van der Waals surface area contributed by atoms with Crippen LogP contribution >= 0.6 is 11.8 Å². The van der Waals surface area contributed by atoms with Crippen molar-refractivity contribution in [3.05, 3.63) is 24.3 Å². The van der Waals surface area contributed by atoms with E-state index < -0.39 is 0 Å². The minimum absolute atomic E-state index is 0.717. The highest BCUT2D eigenvalue weighted by Crippen LogP contribution is 2.37. The standard InChI is InChI=1S/C11H15NS/c1-8(2)11-7-12-9-5-3-4-6-10(9)13-11/h3-6,8,11-12H,7H2,1-2H3. The highest BCUT2D eigenvalue weighted by Gasteiger charge is 2.20. The summed E-state index contributed by atoms with van der Waals surface area (Å²) in [5.74, 6) is 0.742. The number of para-hydroxylation sites is 1. The molecule has 13 heavy (non-hydrogen) atoms. The van der Waals surface area contributed by atoms with Crippen molar-refractivity contribution in [1.82, 2.24) is 0 Å². The quantitative estimate of drug-likeness (QED) is 0.735. The van der Waals surface area contributed by atoms with E-state index >= 15 is 0 Å². The van der Waals surface area contributed by atoms with Gasteiger partial charge >= 0.3 is 0 Å². The molecule has 0 aromatic heterocycles. The Morgan fingerprint density at radius 1 is 1.38 bits per heavy atom.